The predicted octanol–water partition coefficient (Wildman–Crippen LogP) is 3.71. The molecule has 1 aliphatic carbocycles. The van der Waals surface area contributed by atoms with Crippen LogP contribution in [0.25, 0.3) is 0 Å². The molecule has 2 aromatic rings. The molecule has 4 rings (SSSR count). The largest absolute Gasteiger partial charge is 0.339 e. The molecular formula is C19H24FN3O. The van der Waals surface area contributed by atoms with Crippen LogP contribution >= 0.6 is 0 Å². The zero-order valence-corrected chi connectivity index (χ0v) is 14.3. The van der Waals surface area contributed by atoms with Gasteiger partial charge in [-0.15, -0.1) is 0 Å². The summed E-state index contributed by atoms with van der Waals surface area (Å²) in [6.45, 7) is 5.04. The Labute approximate surface area is 141 Å². The molecule has 0 spiro atoms. The van der Waals surface area contributed by atoms with Gasteiger partial charge in [-0.2, -0.15) is 4.98 Å². The molecule has 1 N–H and O–H groups in total. The number of halogens is 1. The molecule has 1 aromatic carbocycles. The third kappa shape index (κ3) is 2.37. The van der Waals surface area contributed by atoms with Crippen molar-refractivity contribution < 1.29 is 8.91 Å². The minimum atomic E-state index is -0.489. The van der Waals surface area contributed by atoms with Gasteiger partial charge in [0, 0.05) is 6.04 Å². The van der Waals surface area contributed by atoms with E-state index < -0.39 is 5.41 Å². The van der Waals surface area contributed by atoms with Gasteiger partial charge in [0.1, 0.15) is 5.82 Å². The number of fused-ring (bicyclic) bond motifs is 1. The standard InChI is InChI=1S/C19H24FN3O/c1-18(2,13-6-5-7-14(20)12-13)16-22-17(24-23-16)19-9-4-3-8-15(19)21-11-10-19/h5-7,12,15,21H,3-4,8-11H2,1-2H3/t15-,19+/m0/s1. The molecule has 2 aliphatic rings. The zero-order valence-electron chi connectivity index (χ0n) is 14.3. The summed E-state index contributed by atoms with van der Waals surface area (Å²) < 4.78 is 19.4. The first-order valence-electron chi connectivity index (χ1n) is 8.86. The van der Waals surface area contributed by atoms with Crippen molar-refractivity contribution in [3.05, 3.63) is 47.4 Å². The van der Waals surface area contributed by atoms with Crippen LogP contribution in [0.2, 0.25) is 0 Å². The summed E-state index contributed by atoms with van der Waals surface area (Å²) in [7, 11) is 0. The molecule has 4 nitrogen and oxygen atoms in total. The molecule has 1 saturated heterocycles. The number of aromatic nitrogens is 2. The number of nitrogens with zero attached hydrogens (tertiary/aromatic N) is 2. The van der Waals surface area contributed by atoms with Crippen molar-refractivity contribution in [2.45, 2.75) is 62.8 Å². The van der Waals surface area contributed by atoms with Crippen molar-refractivity contribution in [2.24, 2.45) is 0 Å². The summed E-state index contributed by atoms with van der Waals surface area (Å²) in [6, 6.07) is 7.09. The van der Waals surface area contributed by atoms with Crippen molar-refractivity contribution in [1.82, 2.24) is 15.5 Å². The van der Waals surface area contributed by atoms with E-state index in [1.165, 1.54) is 25.3 Å². The third-order valence-electron chi connectivity index (χ3n) is 5.95. The SMILES string of the molecule is CC(C)(c1cccc(F)c1)c1noc([C@@]23CCCC[C@@H]2NCC3)n1. The Bertz CT molecular complexity index is 742. The predicted molar refractivity (Wildman–Crippen MR) is 89.4 cm³/mol. The van der Waals surface area contributed by atoms with Gasteiger partial charge in [0.25, 0.3) is 0 Å². The van der Waals surface area contributed by atoms with Crippen molar-refractivity contribution in [2.75, 3.05) is 6.54 Å². The van der Waals surface area contributed by atoms with Crippen LogP contribution in [0.3, 0.4) is 0 Å². The van der Waals surface area contributed by atoms with E-state index in [9.17, 15) is 4.39 Å². The van der Waals surface area contributed by atoms with Gasteiger partial charge in [-0.05, 0) is 57.4 Å². The molecular weight excluding hydrogens is 305 g/mol. The van der Waals surface area contributed by atoms with E-state index in [0.717, 1.165) is 30.8 Å². The molecule has 128 valence electrons. The van der Waals surface area contributed by atoms with E-state index in [1.54, 1.807) is 12.1 Å². The lowest BCUT2D eigenvalue weighted by molar-refractivity contribution is 0.199. The fraction of sp³-hybridized carbons (Fsp3) is 0.579. The molecule has 2 atom stereocenters. The first-order valence-corrected chi connectivity index (χ1v) is 8.86. The van der Waals surface area contributed by atoms with Gasteiger partial charge in [-0.1, -0.05) is 30.1 Å². The van der Waals surface area contributed by atoms with Gasteiger partial charge in [-0.25, -0.2) is 4.39 Å². The Hall–Kier alpha value is -1.75. The second kappa shape index (κ2) is 5.66. The summed E-state index contributed by atoms with van der Waals surface area (Å²) in [4.78, 5) is 4.80. The maximum atomic E-state index is 13.6. The minimum Gasteiger partial charge on any atom is -0.339 e. The summed E-state index contributed by atoms with van der Waals surface area (Å²) in [5.41, 5.74) is 0.357. The first kappa shape index (κ1) is 15.8. The Balaban J connectivity index is 1.69. The van der Waals surface area contributed by atoms with Crippen LogP contribution in [-0.2, 0) is 10.8 Å². The van der Waals surface area contributed by atoms with Gasteiger partial charge < -0.3 is 9.84 Å². The molecule has 0 amide bonds. The highest BCUT2D eigenvalue weighted by molar-refractivity contribution is 5.31. The molecule has 2 heterocycles. The number of rotatable bonds is 3. The van der Waals surface area contributed by atoms with Gasteiger partial charge in [0.15, 0.2) is 5.82 Å². The van der Waals surface area contributed by atoms with Crippen molar-refractivity contribution in [3.63, 3.8) is 0 Å². The lowest BCUT2D eigenvalue weighted by atomic mass is 9.70. The van der Waals surface area contributed by atoms with Crippen molar-refractivity contribution in [3.8, 4) is 0 Å². The monoisotopic (exact) mass is 329 g/mol. The Morgan fingerprint density at radius 3 is 3.00 bits per heavy atom. The summed E-state index contributed by atoms with van der Waals surface area (Å²) in [6.07, 6.45) is 5.80. The molecule has 0 radical (unpaired) electrons. The van der Waals surface area contributed by atoms with E-state index in [2.05, 4.69) is 10.5 Å². The fourth-order valence-electron chi connectivity index (χ4n) is 4.35. The summed E-state index contributed by atoms with van der Waals surface area (Å²) >= 11 is 0. The Morgan fingerprint density at radius 1 is 1.29 bits per heavy atom. The number of nitrogens with one attached hydrogen (secondary N) is 1. The Morgan fingerprint density at radius 2 is 2.17 bits per heavy atom. The highest BCUT2D eigenvalue weighted by Gasteiger charge is 2.50. The summed E-state index contributed by atoms with van der Waals surface area (Å²) in [5, 5.41) is 7.90. The second-order valence-electron chi connectivity index (χ2n) is 7.72. The summed E-state index contributed by atoms with van der Waals surface area (Å²) in [5.74, 6) is 1.15. The average molecular weight is 329 g/mol. The van der Waals surface area contributed by atoms with Gasteiger partial charge >= 0.3 is 0 Å². The van der Waals surface area contributed by atoms with E-state index in [0.29, 0.717) is 11.9 Å². The van der Waals surface area contributed by atoms with Crippen LogP contribution in [0, 0.1) is 5.82 Å². The average Bonchev–Trinajstić information content (AvgIpc) is 3.22. The molecule has 24 heavy (non-hydrogen) atoms. The van der Waals surface area contributed by atoms with E-state index in [-0.39, 0.29) is 11.2 Å². The van der Waals surface area contributed by atoms with Crippen LogP contribution in [0.1, 0.15) is 63.2 Å². The quantitative estimate of drug-likeness (QED) is 0.933. The van der Waals surface area contributed by atoms with Gasteiger partial charge in [-0.3, -0.25) is 0 Å². The highest BCUT2D eigenvalue weighted by Crippen LogP contribution is 2.45. The van der Waals surface area contributed by atoms with Gasteiger partial charge in [0.05, 0.1) is 10.8 Å². The highest BCUT2D eigenvalue weighted by atomic mass is 19.1. The maximum Gasteiger partial charge on any atom is 0.234 e. The molecule has 0 unspecified atom stereocenters. The second-order valence-corrected chi connectivity index (χ2v) is 7.72. The molecule has 2 fully saturated rings. The van der Waals surface area contributed by atoms with Crippen LogP contribution in [-0.4, -0.2) is 22.7 Å². The Kier molecular flexibility index (Phi) is 3.71. The number of hydrogen-bond donors (Lipinski definition) is 1. The van der Waals surface area contributed by atoms with Crippen LogP contribution in [0.5, 0.6) is 0 Å². The maximum absolute atomic E-state index is 13.6. The number of hydrogen-bond acceptors (Lipinski definition) is 4. The zero-order chi connectivity index (χ0) is 16.8. The lowest BCUT2D eigenvalue weighted by Gasteiger charge is -2.35. The van der Waals surface area contributed by atoms with E-state index in [1.807, 2.05) is 19.9 Å². The van der Waals surface area contributed by atoms with Crippen molar-refractivity contribution >= 4 is 0 Å². The van der Waals surface area contributed by atoms with Crippen LogP contribution < -0.4 is 5.32 Å². The lowest BCUT2D eigenvalue weighted by Crippen LogP contribution is -2.43. The smallest absolute Gasteiger partial charge is 0.234 e. The van der Waals surface area contributed by atoms with E-state index >= 15 is 0 Å². The minimum absolute atomic E-state index is 0.0124. The van der Waals surface area contributed by atoms with Crippen LogP contribution in [0.15, 0.2) is 28.8 Å². The van der Waals surface area contributed by atoms with Crippen LogP contribution in [0.4, 0.5) is 4.39 Å². The molecule has 0 bridgehead atoms. The molecule has 1 aliphatic heterocycles. The van der Waals surface area contributed by atoms with E-state index in [4.69, 9.17) is 9.51 Å². The van der Waals surface area contributed by atoms with Crippen molar-refractivity contribution in [1.29, 1.82) is 0 Å². The molecule has 1 saturated carbocycles. The number of benzene rings is 1. The normalized spacial score (nSPS) is 27.2. The first-order chi connectivity index (χ1) is 11.5. The third-order valence-corrected chi connectivity index (χ3v) is 5.95. The molecule has 1 aromatic heterocycles. The van der Waals surface area contributed by atoms with Gasteiger partial charge in [0.2, 0.25) is 5.89 Å². The topological polar surface area (TPSA) is 51.0 Å². The fourth-order valence-corrected chi connectivity index (χ4v) is 4.35. The molecule has 5 heteroatoms.